The average molecular weight is 342 g/mol. The van der Waals surface area contributed by atoms with Gasteiger partial charge in [0.15, 0.2) is 0 Å². The summed E-state index contributed by atoms with van der Waals surface area (Å²) < 4.78 is 11.5. The van der Waals surface area contributed by atoms with Gasteiger partial charge in [0.1, 0.15) is 11.5 Å². The van der Waals surface area contributed by atoms with E-state index in [2.05, 4.69) is 19.9 Å². The van der Waals surface area contributed by atoms with E-state index >= 15 is 0 Å². The van der Waals surface area contributed by atoms with Gasteiger partial charge < -0.3 is 9.47 Å². The molecule has 2 aromatic carbocycles. The Kier molecular flexibility index (Phi) is 4.47. The summed E-state index contributed by atoms with van der Waals surface area (Å²) >= 11 is 0. The van der Waals surface area contributed by atoms with Crippen LogP contribution in [0.1, 0.15) is 0 Å². The van der Waals surface area contributed by atoms with Crippen LogP contribution in [0.2, 0.25) is 0 Å². The quantitative estimate of drug-likeness (QED) is 0.531. The lowest BCUT2D eigenvalue weighted by Crippen LogP contribution is -1.90. The van der Waals surface area contributed by atoms with Crippen LogP contribution in [0.4, 0.5) is 0 Å². The topological polar surface area (TPSA) is 70.0 Å². The van der Waals surface area contributed by atoms with Crippen molar-refractivity contribution in [2.45, 2.75) is 0 Å². The first-order chi connectivity index (χ1) is 12.9. The standard InChI is InChI=1S/C20H14N4O2/c1-3-15(11-17(5-1)25-19-13-21-7-9-23-19)16-4-2-6-18(12-16)26-20-14-22-8-10-24-20/h1-14H. The third kappa shape index (κ3) is 3.81. The molecule has 6 heteroatoms. The number of nitrogens with zero attached hydrogens (tertiary/aromatic N) is 4. The van der Waals surface area contributed by atoms with Gasteiger partial charge in [-0.1, -0.05) is 24.3 Å². The maximum Gasteiger partial charge on any atom is 0.237 e. The highest BCUT2D eigenvalue weighted by atomic mass is 16.5. The molecule has 0 aliphatic rings. The molecule has 4 rings (SSSR count). The molecule has 0 atom stereocenters. The molecule has 0 amide bonds. The molecule has 0 radical (unpaired) electrons. The SMILES string of the molecule is c1cc(Oc2cnccn2)cc(-c2cccc(Oc3cnccn3)c2)c1. The summed E-state index contributed by atoms with van der Waals surface area (Å²) in [6.45, 7) is 0. The van der Waals surface area contributed by atoms with Gasteiger partial charge in [0.05, 0.1) is 12.4 Å². The Labute approximate surface area is 150 Å². The highest BCUT2D eigenvalue weighted by Gasteiger charge is 2.05. The van der Waals surface area contributed by atoms with E-state index in [1.54, 1.807) is 37.2 Å². The summed E-state index contributed by atoms with van der Waals surface area (Å²) in [5.41, 5.74) is 1.99. The summed E-state index contributed by atoms with van der Waals surface area (Å²) in [6, 6.07) is 15.5. The second kappa shape index (κ2) is 7.40. The molecule has 6 nitrogen and oxygen atoms in total. The molecule has 26 heavy (non-hydrogen) atoms. The largest absolute Gasteiger partial charge is 0.437 e. The fourth-order valence-corrected chi connectivity index (χ4v) is 2.40. The normalized spacial score (nSPS) is 10.3. The lowest BCUT2D eigenvalue weighted by molar-refractivity contribution is 0.459. The second-order valence-corrected chi connectivity index (χ2v) is 5.35. The van der Waals surface area contributed by atoms with Crippen LogP contribution in [0.3, 0.4) is 0 Å². The van der Waals surface area contributed by atoms with Gasteiger partial charge in [-0.25, -0.2) is 9.97 Å². The molecule has 2 aromatic heterocycles. The maximum absolute atomic E-state index is 5.74. The van der Waals surface area contributed by atoms with Gasteiger partial charge in [-0.05, 0) is 35.4 Å². The smallest absolute Gasteiger partial charge is 0.237 e. The van der Waals surface area contributed by atoms with Crippen molar-refractivity contribution in [2.75, 3.05) is 0 Å². The van der Waals surface area contributed by atoms with Crippen molar-refractivity contribution in [1.82, 2.24) is 19.9 Å². The molecule has 2 heterocycles. The van der Waals surface area contributed by atoms with Crippen molar-refractivity contribution in [1.29, 1.82) is 0 Å². The molecule has 0 bridgehead atoms. The molecular formula is C20H14N4O2. The van der Waals surface area contributed by atoms with E-state index < -0.39 is 0 Å². The molecular weight excluding hydrogens is 328 g/mol. The van der Waals surface area contributed by atoms with E-state index in [1.807, 2.05) is 48.5 Å². The highest BCUT2D eigenvalue weighted by molar-refractivity contribution is 5.66. The van der Waals surface area contributed by atoms with Crippen LogP contribution >= 0.6 is 0 Å². The second-order valence-electron chi connectivity index (χ2n) is 5.35. The Balaban J connectivity index is 1.57. The molecule has 0 unspecified atom stereocenters. The molecule has 0 aliphatic heterocycles. The predicted molar refractivity (Wildman–Crippen MR) is 96.1 cm³/mol. The summed E-state index contributed by atoms with van der Waals surface area (Å²) in [5, 5.41) is 0. The van der Waals surface area contributed by atoms with E-state index in [0.29, 0.717) is 23.3 Å². The van der Waals surface area contributed by atoms with E-state index in [9.17, 15) is 0 Å². The fourth-order valence-electron chi connectivity index (χ4n) is 2.40. The first kappa shape index (κ1) is 15.7. The van der Waals surface area contributed by atoms with Crippen molar-refractivity contribution in [3.05, 3.63) is 85.7 Å². The molecule has 4 aromatic rings. The van der Waals surface area contributed by atoms with Crippen LogP contribution in [0, 0.1) is 0 Å². The summed E-state index contributed by atoms with van der Waals surface area (Å²) in [4.78, 5) is 16.2. The highest BCUT2D eigenvalue weighted by Crippen LogP contribution is 2.29. The van der Waals surface area contributed by atoms with E-state index in [1.165, 1.54) is 0 Å². The van der Waals surface area contributed by atoms with Gasteiger partial charge in [0, 0.05) is 24.8 Å². The van der Waals surface area contributed by atoms with Crippen molar-refractivity contribution in [3.63, 3.8) is 0 Å². The minimum absolute atomic E-state index is 0.449. The molecule has 0 saturated carbocycles. The number of hydrogen-bond acceptors (Lipinski definition) is 6. The zero-order valence-electron chi connectivity index (χ0n) is 13.7. The van der Waals surface area contributed by atoms with Crippen molar-refractivity contribution in [2.24, 2.45) is 0 Å². The first-order valence-corrected chi connectivity index (χ1v) is 7.95. The first-order valence-electron chi connectivity index (χ1n) is 7.95. The molecule has 126 valence electrons. The molecule has 0 aliphatic carbocycles. The Bertz CT molecular complexity index is 912. The number of rotatable bonds is 5. The molecule has 0 N–H and O–H groups in total. The van der Waals surface area contributed by atoms with E-state index in [0.717, 1.165) is 11.1 Å². The number of hydrogen-bond donors (Lipinski definition) is 0. The maximum atomic E-state index is 5.74. The monoisotopic (exact) mass is 342 g/mol. The predicted octanol–water partition coefficient (Wildman–Crippen LogP) is 4.52. The zero-order chi connectivity index (χ0) is 17.6. The summed E-state index contributed by atoms with van der Waals surface area (Å²) in [6.07, 6.45) is 9.53. The molecule has 0 spiro atoms. The van der Waals surface area contributed by atoms with Crippen LogP contribution in [-0.2, 0) is 0 Å². The Morgan fingerprint density at radius 2 is 1.08 bits per heavy atom. The molecule has 0 saturated heterocycles. The number of benzene rings is 2. The van der Waals surface area contributed by atoms with Gasteiger partial charge in [-0.2, -0.15) is 0 Å². The minimum atomic E-state index is 0.449. The Hall–Kier alpha value is -3.80. The van der Waals surface area contributed by atoms with Crippen molar-refractivity contribution < 1.29 is 9.47 Å². The van der Waals surface area contributed by atoms with Crippen LogP contribution in [-0.4, -0.2) is 19.9 Å². The van der Waals surface area contributed by atoms with Gasteiger partial charge in [-0.3, -0.25) is 9.97 Å². The lowest BCUT2D eigenvalue weighted by Gasteiger charge is -2.09. The fraction of sp³-hybridized carbons (Fsp3) is 0. The third-order valence-corrected chi connectivity index (χ3v) is 3.53. The summed E-state index contributed by atoms with van der Waals surface area (Å²) in [5.74, 6) is 2.26. The average Bonchev–Trinajstić information content (AvgIpc) is 2.70. The van der Waals surface area contributed by atoms with Crippen LogP contribution < -0.4 is 9.47 Å². The Morgan fingerprint density at radius 3 is 1.50 bits per heavy atom. The lowest BCUT2D eigenvalue weighted by atomic mass is 10.1. The Morgan fingerprint density at radius 1 is 0.577 bits per heavy atom. The summed E-state index contributed by atoms with van der Waals surface area (Å²) in [7, 11) is 0. The third-order valence-electron chi connectivity index (χ3n) is 3.53. The van der Waals surface area contributed by atoms with E-state index in [-0.39, 0.29) is 0 Å². The van der Waals surface area contributed by atoms with Gasteiger partial charge in [0.25, 0.3) is 0 Å². The van der Waals surface area contributed by atoms with Crippen LogP contribution in [0.25, 0.3) is 11.1 Å². The molecule has 0 fully saturated rings. The van der Waals surface area contributed by atoms with E-state index in [4.69, 9.17) is 9.47 Å². The van der Waals surface area contributed by atoms with Gasteiger partial charge >= 0.3 is 0 Å². The van der Waals surface area contributed by atoms with Crippen LogP contribution in [0.15, 0.2) is 85.7 Å². The minimum Gasteiger partial charge on any atom is -0.437 e. The number of aromatic nitrogens is 4. The number of ether oxygens (including phenoxy) is 2. The van der Waals surface area contributed by atoms with Crippen molar-refractivity contribution in [3.8, 4) is 34.4 Å². The zero-order valence-corrected chi connectivity index (χ0v) is 13.7. The van der Waals surface area contributed by atoms with Gasteiger partial charge in [-0.15, -0.1) is 0 Å². The van der Waals surface area contributed by atoms with Crippen molar-refractivity contribution >= 4 is 0 Å². The van der Waals surface area contributed by atoms with Crippen LogP contribution in [0.5, 0.6) is 23.3 Å². The van der Waals surface area contributed by atoms with Gasteiger partial charge in [0.2, 0.25) is 11.8 Å².